The van der Waals surface area contributed by atoms with E-state index in [9.17, 15) is 15.2 Å². The molecule has 3 aromatic carbocycles. The number of nitrogens with zero attached hydrogens (tertiary/aromatic N) is 1. The molecule has 26 heavy (non-hydrogen) atoms. The minimum atomic E-state index is -1.45. The first-order valence-electron chi connectivity index (χ1n) is 8.27. The molecule has 0 saturated heterocycles. The van der Waals surface area contributed by atoms with Crippen LogP contribution in [0.25, 0.3) is 0 Å². The highest BCUT2D eigenvalue weighted by Gasteiger charge is 2.42. The molecule has 0 saturated carbocycles. The van der Waals surface area contributed by atoms with Crippen molar-refractivity contribution in [2.45, 2.75) is 19.4 Å². The van der Waals surface area contributed by atoms with E-state index in [1.165, 1.54) is 12.1 Å². The van der Waals surface area contributed by atoms with Gasteiger partial charge in [0.2, 0.25) is 0 Å². The van der Waals surface area contributed by atoms with E-state index >= 15 is 0 Å². The summed E-state index contributed by atoms with van der Waals surface area (Å²) >= 11 is 0. The van der Waals surface area contributed by atoms with E-state index in [1.54, 1.807) is 12.1 Å². The SMILES string of the molecule is Cc1ccc2c(c1)C(O)(c1ccc([N+](=O)[O-])cc1)c1cc(C)ccc1O2. The third-order valence-electron chi connectivity index (χ3n) is 4.77. The van der Waals surface area contributed by atoms with Crippen molar-refractivity contribution in [2.24, 2.45) is 0 Å². The first-order chi connectivity index (χ1) is 12.4. The molecule has 0 unspecified atom stereocenters. The Kier molecular flexibility index (Phi) is 3.56. The molecule has 5 heteroatoms. The number of aliphatic hydroxyl groups is 1. The Hall–Kier alpha value is -3.18. The molecule has 0 amide bonds. The quantitative estimate of drug-likeness (QED) is 0.543. The molecule has 0 aromatic heterocycles. The van der Waals surface area contributed by atoms with Gasteiger partial charge < -0.3 is 9.84 Å². The number of benzene rings is 3. The summed E-state index contributed by atoms with van der Waals surface area (Å²) in [5, 5.41) is 22.9. The summed E-state index contributed by atoms with van der Waals surface area (Å²) in [6.07, 6.45) is 0. The molecule has 0 aliphatic carbocycles. The van der Waals surface area contributed by atoms with E-state index in [4.69, 9.17) is 4.74 Å². The van der Waals surface area contributed by atoms with Gasteiger partial charge in [0.15, 0.2) is 0 Å². The van der Waals surface area contributed by atoms with Crippen molar-refractivity contribution in [1.29, 1.82) is 0 Å². The van der Waals surface area contributed by atoms with E-state index in [1.807, 2.05) is 50.2 Å². The Morgan fingerprint density at radius 3 is 1.85 bits per heavy atom. The molecule has 5 nitrogen and oxygen atoms in total. The monoisotopic (exact) mass is 347 g/mol. The van der Waals surface area contributed by atoms with E-state index in [0.717, 1.165) is 11.1 Å². The zero-order valence-electron chi connectivity index (χ0n) is 14.4. The zero-order valence-corrected chi connectivity index (χ0v) is 14.4. The Bertz CT molecular complexity index is 973. The molecule has 3 aromatic rings. The van der Waals surface area contributed by atoms with Crippen molar-refractivity contribution in [3.63, 3.8) is 0 Å². The van der Waals surface area contributed by atoms with Gasteiger partial charge in [-0.2, -0.15) is 0 Å². The van der Waals surface area contributed by atoms with Crippen LogP contribution in [0.4, 0.5) is 5.69 Å². The Morgan fingerprint density at radius 1 is 0.885 bits per heavy atom. The largest absolute Gasteiger partial charge is 0.457 e. The number of non-ortho nitro benzene ring substituents is 1. The Balaban J connectivity index is 2.00. The standard InChI is InChI=1S/C21H17NO4/c1-13-3-9-19-17(11-13)21(23,15-5-7-16(8-6-15)22(24)25)18-12-14(2)4-10-20(18)26-19/h3-12,23H,1-2H3. The number of aryl methyl sites for hydroxylation is 2. The van der Waals surface area contributed by atoms with Gasteiger partial charge in [-0.3, -0.25) is 10.1 Å². The maximum Gasteiger partial charge on any atom is 0.269 e. The van der Waals surface area contributed by atoms with Crippen LogP contribution in [0.2, 0.25) is 0 Å². The second-order valence-electron chi connectivity index (χ2n) is 6.62. The lowest BCUT2D eigenvalue weighted by molar-refractivity contribution is -0.384. The summed E-state index contributed by atoms with van der Waals surface area (Å²) in [4.78, 5) is 10.5. The highest BCUT2D eigenvalue weighted by atomic mass is 16.6. The predicted octanol–water partition coefficient (Wildman–Crippen LogP) is 4.60. The fraction of sp³-hybridized carbons (Fsp3) is 0.143. The maximum atomic E-state index is 11.9. The molecule has 0 bridgehead atoms. The van der Waals surface area contributed by atoms with Crippen LogP contribution < -0.4 is 4.74 Å². The number of nitro benzene ring substituents is 1. The van der Waals surface area contributed by atoms with E-state index in [2.05, 4.69) is 0 Å². The van der Waals surface area contributed by atoms with Gasteiger partial charge in [0.25, 0.3) is 5.69 Å². The molecule has 0 fully saturated rings. The first-order valence-corrected chi connectivity index (χ1v) is 8.27. The summed E-state index contributed by atoms with van der Waals surface area (Å²) in [6.45, 7) is 3.89. The third kappa shape index (κ3) is 2.36. The fourth-order valence-electron chi connectivity index (χ4n) is 3.43. The van der Waals surface area contributed by atoms with Gasteiger partial charge >= 0.3 is 0 Å². The number of ether oxygens (including phenoxy) is 1. The zero-order chi connectivity index (χ0) is 18.5. The van der Waals surface area contributed by atoms with Crippen LogP contribution in [-0.4, -0.2) is 10.0 Å². The smallest absolute Gasteiger partial charge is 0.269 e. The van der Waals surface area contributed by atoms with Crippen LogP contribution in [0, 0.1) is 24.0 Å². The van der Waals surface area contributed by atoms with Gasteiger partial charge in [0.1, 0.15) is 17.1 Å². The lowest BCUT2D eigenvalue weighted by Crippen LogP contribution is -2.32. The van der Waals surface area contributed by atoms with Crippen LogP contribution in [-0.2, 0) is 5.60 Å². The van der Waals surface area contributed by atoms with Crippen LogP contribution in [0.1, 0.15) is 27.8 Å². The van der Waals surface area contributed by atoms with Gasteiger partial charge in [-0.25, -0.2) is 0 Å². The van der Waals surface area contributed by atoms with Crippen molar-refractivity contribution in [1.82, 2.24) is 0 Å². The normalized spacial score (nSPS) is 14.1. The van der Waals surface area contributed by atoms with Crippen LogP contribution >= 0.6 is 0 Å². The molecule has 1 heterocycles. The van der Waals surface area contributed by atoms with Crippen molar-refractivity contribution < 1.29 is 14.8 Å². The molecular weight excluding hydrogens is 330 g/mol. The number of hydrogen-bond donors (Lipinski definition) is 1. The number of hydrogen-bond acceptors (Lipinski definition) is 4. The molecule has 130 valence electrons. The molecule has 1 N–H and O–H groups in total. The molecule has 4 rings (SSSR count). The van der Waals surface area contributed by atoms with Gasteiger partial charge in [0, 0.05) is 23.3 Å². The van der Waals surface area contributed by atoms with E-state index in [0.29, 0.717) is 28.2 Å². The minimum Gasteiger partial charge on any atom is -0.457 e. The van der Waals surface area contributed by atoms with Gasteiger partial charge in [0.05, 0.1) is 4.92 Å². The highest BCUT2D eigenvalue weighted by Crippen LogP contribution is 2.50. The first kappa shape index (κ1) is 16.3. The van der Waals surface area contributed by atoms with Crippen LogP contribution in [0.3, 0.4) is 0 Å². The average Bonchev–Trinajstić information content (AvgIpc) is 2.63. The lowest BCUT2D eigenvalue weighted by atomic mass is 9.77. The van der Waals surface area contributed by atoms with Gasteiger partial charge in [-0.15, -0.1) is 0 Å². The van der Waals surface area contributed by atoms with Gasteiger partial charge in [-0.1, -0.05) is 23.3 Å². The summed E-state index contributed by atoms with van der Waals surface area (Å²) in [7, 11) is 0. The summed E-state index contributed by atoms with van der Waals surface area (Å²) < 4.78 is 6.00. The molecule has 1 aliphatic rings. The fourth-order valence-corrected chi connectivity index (χ4v) is 3.43. The predicted molar refractivity (Wildman–Crippen MR) is 97.6 cm³/mol. The van der Waals surface area contributed by atoms with Crippen molar-refractivity contribution in [3.8, 4) is 11.5 Å². The average molecular weight is 347 g/mol. The van der Waals surface area contributed by atoms with E-state index in [-0.39, 0.29) is 5.69 Å². The molecule has 1 aliphatic heterocycles. The Labute approximate surface area is 150 Å². The lowest BCUT2D eigenvalue weighted by Gasteiger charge is -2.37. The van der Waals surface area contributed by atoms with Crippen molar-refractivity contribution in [3.05, 3.63) is 98.6 Å². The topological polar surface area (TPSA) is 72.6 Å². The summed E-state index contributed by atoms with van der Waals surface area (Å²) in [6, 6.07) is 17.3. The van der Waals surface area contributed by atoms with Crippen molar-refractivity contribution >= 4 is 5.69 Å². The number of fused-ring (bicyclic) bond motifs is 2. The van der Waals surface area contributed by atoms with Crippen LogP contribution in [0.15, 0.2) is 60.7 Å². The molecular formula is C21H17NO4. The maximum absolute atomic E-state index is 11.9. The molecule has 0 radical (unpaired) electrons. The van der Waals surface area contributed by atoms with Crippen LogP contribution in [0.5, 0.6) is 11.5 Å². The Morgan fingerprint density at radius 2 is 1.38 bits per heavy atom. The second-order valence-corrected chi connectivity index (χ2v) is 6.62. The minimum absolute atomic E-state index is 0.0154. The molecule has 0 spiro atoms. The highest BCUT2D eigenvalue weighted by molar-refractivity contribution is 5.62. The second kappa shape index (κ2) is 5.68. The summed E-state index contributed by atoms with van der Waals surface area (Å²) in [5.74, 6) is 1.15. The van der Waals surface area contributed by atoms with Crippen molar-refractivity contribution in [2.75, 3.05) is 0 Å². The third-order valence-corrected chi connectivity index (χ3v) is 4.77. The van der Waals surface area contributed by atoms with E-state index < -0.39 is 10.5 Å². The number of nitro groups is 1. The summed E-state index contributed by atoms with van der Waals surface area (Å²) in [5.41, 5.74) is 2.33. The number of rotatable bonds is 2. The molecule has 0 atom stereocenters. The van der Waals surface area contributed by atoms with Gasteiger partial charge in [-0.05, 0) is 55.8 Å².